The molecule has 2 aromatic carbocycles. The van der Waals surface area contributed by atoms with Gasteiger partial charge in [-0.25, -0.2) is 8.42 Å². The number of anilines is 1. The van der Waals surface area contributed by atoms with Gasteiger partial charge in [0.25, 0.3) is 0 Å². The van der Waals surface area contributed by atoms with Gasteiger partial charge in [0.05, 0.1) is 18.6 Å². The second kappa shape index (κ2) is 12.8. The van der Waals surface area contributed by atoms with Gasteiger partial charge in [0.1, 0.15) is 18.3 Å². The highest BCUT2D eigenvalue weighted by atomic mass is 79.9. The van der Waals surface area contributed by atoms with Crippen molar-refractivity contribution in [3.63, 3.8) is 0 Å². The van der Waals surface area contributed by atoms with Crippen LogP contribution in [0.2, 0.25) is 0 Å². The van der Waals surface area contributed by atoms with Crippen LogP contribution in [0.4, 0.5) is 5.69 Å². The lowest BCUT2D eigenvalue weighted by Crippen LogP contribution is -2.51. The van der Waals surface area contributed by atoms with Gasteiger partial charge in [0, 0.05) is 17.6 Å². The maximum atomic E-state index is 13.5. The molecule has 2 rings (SSSR count). The smallest absolute Gasteiger partial charge is 0.244 e. The Labute approximate surface area is 210 Å². The van der Waals surface area contributed by atoms with Gasteiger partial charge in [-0.15, -0.1) is 0 Å². The van der Waals surface area contributed by atoms with Gasteiger partial charge in [-0.1, -0.05) is 47.1 Å². The van der Waals surface area contributed by atoms with E-state index in [1.54, 1.807) is 38.1 Å². The normalized spacial score (nSPS) is 12.0. The molecule has 0 spiro atoms. The van der Waals surface area contributed by atoms with Crippen molar-refractivity contribution in [3.8, 4) is 5.75 Å². The third kappa shape index (κ3) is 7.73. The zero-order valence-corrected chi connectivity index (χ0v) is 22.4. The van der Waals surface area contributed by atoms with Crippen molar-refractivity contribution in [2.24, 2.45) is 0 Å². The number of amides is 2. The third-order valence-electron chi connectivity index (χ3n) is 5.07. The van der Waals surface area contributed by atoms with Crippen molar-refractivity contribution in [3.05, 3.63) is 58.6 Å². The Morgan fingerprint density at radius 3 is 2.44 bits per heavy atom. The maximum Gasteiger partial charge on any atom is 0.244 e. The first kappa shape index (κ1) is 27.7. The van der Waals surface area contributed by atoms with E-state index in [4.69, 9.17) is 4.74 Å². The van der Waals surface area contributed by atoms with Gasteiger partial charge in [-0.05, 0) is 50.1 Å². The molecule has 10 heteroatoms. The van der Waals surface area contributed by atoms with Crippen molar-refractivity contribution in [2.45, 2.75) is 39.8 Å². The lowest BCUT2D eigenvalue weighted by atomic mass is 10.1. The zero-order chi connectivity index (χ0) is 25.3. The summed E-state index contributed by atoms with van der Waals surface area (Å²) in [7, 11) is -3.83. The molecule has 0 aliphatic heterocycles. The minimum absolute atomic E-state index is 0.143. The minimum atomic E-state index is -3.83. The van der Waals surface area contributed by atoms with Crippen molar-refractivity contribution >= 4 is 43.5 Å². The molecule has 0 aliphatic rings. The first-order valence-corrected chi connectivity index (χ1v) is 13.7. The molecule has 0 saturated heterocycles. The van der Waals surface area contributed by atoms with E-state index in [-0.39, 0.29) is 18.1 Å². The summed E-state index contributed by atoms with van der Waals surface area (Å²) < 4.78 is 32.9. The first-order chi connectivity index (χ1) is 16.1. The van der Waals surface area contributed by atoms with Crippen molar-refractivity contribution in [1.82, 2.24) is 10.2 Å². The topological polar surface area (TPSA) is 96.0 Å². The summed E-state index contributed by atoms with van der Waals surface area (Å²) in [5.74, 6) is -0.447. The average molecular weight is 555 g/mol. The maximum absolute atomic E-state index is 13.5. The van der Waals surface area contributed by atoms with Gasteiger partial charge < -0.3 is 15.0 Å². The van der Waals surface area contributed by atoms with Gasteiger partial charge >= 0.3 is 0 Å². The Hall–Kier alpha value is -2.59. The van der Waals surface area contributed by atoms with Crippen LogP contribution < -0.4 is 14.4 Å². The summed E-state index contributed by atoms with van der Waals surface area (Å²) in [6.45, 7) is 5.87. The highest BCUT2D eigenvalue weighted by Gasteiger charge is 2.31. The number of benzene rings is 2. The number of carbonyl (C=O) groups is 2. The Kier molecular flexibility index (Phi) is 10.4. The molecule has 0 bridgehead atoms. The monoisotopic (exact) mass is 553 g/mol. The van der Waals surface area contributed by atoms with Gasteiger partial charge in [0.15, 0.2) is 0 Å². The molecule has 1 atom stereocenters. The summed E-state index contributed by atoms with van der Waals surface area (Å²) in [4.78, 5) is 27.7. The van der Waals surface area contributed by atoms with Crippen LogP contribution >= 0.6 is 15.9 Å². The highest BCUT2D eigenvalue weighted by Crippen LogP contribution is 2.30. The number of halogens is 1. The fourth-order valence-electron chi connectivity index (χ4n) is 3.35. The Morgan fingerprint density at radius 2 is 1.82 bits per heavy atom. The van der Waals surface area contributed by atoms with Crippen molar-refractivity contribution in [1.29, 1.82) is 0 Å². The minimum Gasteiger partial charge on any atom is -0.492 e. The Bertz CT molecular complexity index is 1090. The fourth-order valence-corrected chi connectivity index (χ4v) is 4.65. The predicted molar refractivity (Wildman–Crippen MR) is 137 cm³/mol. The number of hydrogen-bond acceptors (Lipinski definition) is 5. The van der Waals surface area contributed by atoms with Crippen LogP contribution in [0.15, 0.2) is 53.0 Å². The number of sulfonamides is 1. The number of rotatable bonds is 12. The number of nitrogens with zero attached hydrogens (tertiary/aromatic N) is 2. The number of para-hydroxylation sites is 2. The van der Waals surface area contributed by atoms with E-state index in [0.717, 1.165) is 27.0 Å². The predicted octanol–water partition coefficient (Wildman–Crippen LogP) is 3.56. The van der Waals surface area contributed by atoms with Crippen LogP contribution in [0.1, 0.15) is 32.8 Å². The molecule has 2 aromatic rings. The molecular formula is C24H32BrN3O5S. The molecule has 0 fully saturated rings. The summed E-state index contributed by atoms with van der Waals surface area (Å²) in [6.07, 6.45) is 1.80. The molecule has 0 radical (unpaired) electrons. The van der Waals surface area contributed by atoms with E-state index >= 15 is 0 Å². The Morgan fingerprint density at radius 1 is 1.12 bits per heavy atom. The summed E-state index contributed by atoms with van der Waals surface area (Å²) in [5.41, 5.74) is 1.07. The molecule has 1 N–H and O–H groups in total. The van der Waals surface area contributed by atoms with E-state index in [1.165, 1.54) is 4.90 Å². The molecule has 8 nitrogen and oxygen atoms in total. The van der Waals surface area contributed by atoms with Crippen LogP contribution in [0.5, 0.6) is 5.75 Å². The second-order valence-electron chi connectivity index (χ2n) is 7.79. The standard InChI is InChI=1S/C24H32BrN3O5S/c1-5-14-26-24(30)18(3)27(16-19-10-9-11-20(25)15-19)23(29)17-28(34(4,31)32)21-12-7-8-13-22(21)33-6-2/h7-13,15,18H,5-6,14,16-17H2,1-4H3,(H,26,30). The quantitative estimate of drug-likeness (QED) is 0.433. The molecule has 1 unspecified atom stereocenters. The number of ether oxygens (including phenoxy) is 1. The van der Waals surface area contributed by atoms with Gasteiger partial charge in [-0.2, -0.15) is 0 Å². The molecule has 0 heterocycles. The summed E-state index contributed by atoms with van der Waals surface area (Å²) in [5, 5.41) is 2.81. The molecule has 186 valence electrons. The van der Waals surface area contributed by atoms with Gasteiger partial charge in [-0.3, -0.25) is 13.9 Å². The molecule has 2 amide bonds. The zero-order valence-electron chi connectivity index (χ0n) is 20.0. The largest absolute Gasteiger partial charge is 0.492 e. The van der Waals surface area contributed by atoms with E-state index in [1.807, 2.05) is 31.2 Å². The van der Waals surface area contributed by atoms with Crippen LogP contribution in [-0.2, 0) is 26.2 Å². The molecular weight excluding hydrogens is 522 g/mol. The van der Waals surface area contributed by atoms with E-state index < -0.39 is 28.5 Å². The van der Waals surface area contributed by atoms with E-state index in [2.05, 4.69) is 21.2 Å². The second-order valence-corrected chi connectivity index (χ2v) is 10.6. The summed E-state index contributed by atoms with van der Waals surface area (Å²) >= 11 is 3.42. The Balaban J connectivity index is 2.42. The molecule has 0 saturated carbocycles. The van der Waals surface area contributed by atoms with Gasteiger partial charge in [0.2, 0.25) is 21.8 Å². The number of hydrogen-bond donors (Lipinski definition) is 1. The molecule has 0 aliphatic carbocycles. The molecule has 0 aromatic heterocycles. The lowest BCUT2D eigenvalue weighted by Gasteiger charge is -2.32. The van der Waals surface area contributed by atoms with E-state index in [9.17, 15) is 18.0 Å². The highest BCUT2D eigenvalue weighted by molar-refractivity contribution is 9.10. The SMILES string of the molecule is CCCNC(=O)C(C)N(Cc1cccc(Br)c1)C(=O)CN(c1ccccc1OCC)S(C)(=O)=O. The van der Waals surface area contributed by atoms with Crippen molar-refractivity contribution < 1.29 is 22.7 Å². The number of nitrogens with one attached hydrogen (secondary N) is 1. The van der Waals surface area contributed by atoms with Crippen LogP contribution in [0.25, 0.3) is 0 Å². The molecule has 34 heavy (non-hydrogen) atoms. The van der Waals surface area contributed by atoms with Crippen molar-refractivity contribution in [2.75, 3.05) is 30.3 Å². The number of carbonyl (C=O) groups excluding carboxylic acids is 2. The lowest BCUT2D eigenvalue weighted by molar-refractivity contribution is -0.139. The van der Waals surface area contributed by atoms with E-state index in [0.29, 0.717) is 18.9 Å². The van der Waals surface area contributed by atoms with Crippen LogP contribution in [0, 0.1) is 0 Å². The summed E-state index contributed by atoms with van der Waals surface area (Å²) in [6, 6.07) is 13.3. The fraction of sp³-hybridized carbons (Fsp3) is 0.417. The first-order valence-electron chi connectivity index (χ1n) is 11.1. The average Bonchev–Trinajstić information content (AvgIpc) is 2.79. The van der Waals surface area contributed by atoms with Crippen LogP contribution in [0.3, 0.4) is 0 Å². The third-order valence-corrected chi connectivity index (χ3v) is 6.69. The van der Waals surface area contributed by atoms with Crippen LogP contribution in [-0.4, -0.2) is 57.1 Å².